The first-order valence-electron chi connectivity index (χ1n) is 41.3. The smallest absolute Gasteiger partial charge is 0.444 e. The number of nitrogens with two attached hydrogens (primary N) is 1. The van der Waals surface area contributed by atoms with E-state index in [1.807, 2.05) is 25.7 Å². The van der Waals surface area contributed by atoms with Crippen molar-refractivity contribution in [3.8, 4) is 0 Å². The number of benzene rings is 3. The quantitative estimate of drug-likeness (QED) is 0.0225. The molecule has 9 N–H and O–H groups in total. The summed E-state index contributed by atoms with van der Waals surface area (Å²) in [6, 6.07) is 8.16. The molecule has 0 radical (unpaired) electrons. The standard InChI is InChI=1S/C16H15F4N5O2S.C15H15BrF4N4O2S.C12H21F3N2O4S.C11H22N2O2.C8H3BrClFN2.2C7H13F3N2O2S.ClH/c1-21-14-6-13-11(5-12(14)17)15(23-9-22-13)25-4-2-3-10(8-25)7-24-28(26,27)16(18,19)20;16-11-5-13-10(4-12(11)17)14(22-8-21-13)24-3-1-2-9(7-24)6-23-27(25,26)15(18,19)20;1-11(2,3)21-10(18)17-6-4-5-9(8-17)7-16-22(19,20)12(13,14)15;1-11(2,3)15-10(14)13-6-4-5-9(7-12)8-13;9-5-2-7-4(1-6(5)11)8(10)13-3-12-7;2*8-7(9,10)15(13,14)12-5-6-2-1-3-11-4-6;/h5-6,9-10,24H,2-4,7-8H2;4-5,8-9,23H,1-3,6-7H2;9,16H,4-8H2,1-3H3;9H,4-8,12H2,1-3H3;1-3H;2*6,11-12H,1-5H2;1H. The summed E-state index contributed by atoms with van der Waals surface area (Å²) in [4.78, 5) is 57.7. The molecule has 6 unspecified atom stereocenters. The first-order chi connectivity index (χ1) is 62.3. The highest BCUT2D eigenvalue weighted by Gasteiger charge is 2.50. The molecule has 33 nitrogen and oxygen atoms in total. The number of rotatable bonds is 18. The molecule has 0 saturated carbocycles. The highest BCUT2D eigenvalue weighted by atomic mass is 79.9. The molecule has 6 aliphatic rings. The van der Waals surface area contributed by atoms with Crippen LogP contribution in [0.1, 0.15) is 119 Å². The number of amides is 2. The number of anilines is 2. The van der Waals surface area contributed by atoms with Crippen molar-refractivity contribution in [2.45, 2.75) is 157 Å². The summed E-state index contributed by atoms with van der Waals surface area (Å²) in [6.07, 6.45) is 12.0. The maximum absolute atomic E-state index is 14.0. The number of hydrogen-bond acceptors (Lipinski definition) is 25. The number of piperidine rings is 6. The minimum atomic E-state index is -5.40. The molecule has 6 saturated heterocycles. The molecular formula is C76H103Br2Cl2F18N19O14S5. The molecule has 6 atom stereocenters. The van der Waals surface area contributed by atoms with E-state index >= 15 is 0 Å². The van der Waals surface area contributed by atoms with E-state index in [4.69, 9.17) is 33.4 Å². The Morgan fingerprint density at radius 2 is 0.735 bits per heavy atom. The van der Waals surface area contributed by atoms with Crippen LogP contribution in [0, 0.1) is 59.5 Å². The van der Waals surface area contributed by atoms with Gasteiger partial charge in [-0.1, -0.05) is 11.6 Å². The van der Waals surface area contributed by atoms with Gasteiger partial charge in [0, 0.05) is 101 Å². The molecule has 0 bridgehead atoms. The average Bonchev–Trinajstić information content (AvgIpc) is 0.786. The van der Waals surface area contributed by atoms with Crippen LogP contribution >= 0.6 is 55.9 Å². The van der Waals surface area contributed by atoms with Gasteiger partial charge < -0.3 is 45.4 Å². The van der Waals surface area contributed by atoms with Crippen molar-refractivity contribution < 1.29 is 140 Å². The summed E-state index contributed by atoms with van der Waals surface area (Å²) in [5.41, 5.74) is -20.6. The maximum Gasteiger partial charge on any atom is 0.511 e. The maximum atomic E-state index is 14.0. The molecule has 0 spiro atoms. The number of nitrogens with zero attached hydrogens (tertiary/aromatic N) is 11. The van der Waals surface area contributed by atoms with Crippen LogP contribution in [0.25, 0.3) is 37.6 Å². The average molecular weight is 2240 g/mol. The van der Waals surface area contributed by atoms with Gasteiger partial charge in [0.1, 0.15) is 64.4 Å². The van der Waals surface area contributed by atoms with Crippen LogP contribution in [0.15, 0.2) is 64.3 Å². The third kappa shape index (κ3) is 37.5. The fourth-order valence-electron chi connectivity index (χ4n) is 13.8. The minimum absolute atomic E-state index is 0. The van der Waals surface area contributed by atoms with Gasteiger partial charge in [-0.2, -0.15) is 65.9 Å². The topological polar surface area (TPSA) is 428 Å². The zero-order valence-corrected chi connectivity index (χ0v) is 82.3. The van der Waals surface area contributed by atoms with Crippen molar-refractivity contribution in [1.82, 2.24) is 73.9 Å². The normalized spacial score (nSPS) is 19.7. The lowest BCUT2D eigenvalue weighted by Crippen LogP contribution is -2.46. The van der Waals surface area contributed by atoms with Crippen molar-refractivity contribution in [2.75, 3.05) is 128 Å². The lowest BCUT2D eigenvalue weighted by molar-refractivity contribution is -0.0455. The molecule has 9 heterocycles. The van der Waals surface area contributed by atoms with E-state index in [2.05, 4.69) is 77.2 Å². The van der Waals surface area contributed by atoms with Gasteiger partial charge in [0.15, 0.2) is 0 Å². The van der Waals surface area contributed by atoms with E-state index in [9.17, 15) is 131 Å². The second kappa shape index (κ2) is 51.1. The molecule has 6 fully saturated rings. The lowest BCUT2D eigenvalue weighted by atomic mass is 9.98. The molecule has 3 aromatic heterocycles. The lowest BCUT2D eigenvalue weighted by Gasteiger charge is -2.34. The number of sulfonamides is 5. The Labute approximate surface area is 801 Å². The van der Waals surface area contributed by atoms with Crippen LogP contribution in [-0.4, -0.2) is 251 Å². The summed E-state index contributed by atoms with van der Waals surface area (Å²) in [6.45, 7) is 23.6. The SMILES string of the molecule is CC(C)(C)OC(=O)N1CCCC(CN)C1.CC(C)(C)OC(=O)N1CCCC(CNS(=O)(=O)C(F)(F)F)C1.Cl.Fc1cc2c(Cl)ncnc2cc1Br.O=S(=O)(NCC1CCCN(c2ncnc3cc(Br)c(F)cc23)C1)C(F)(F)F.O=S(=O)(NCC1CCCNC1)C(F)(F)F.O=S(=O)(NCC1CCCNC1)C(F)(F)F.[C-]#[N+]c1cc2ncnc(N3CCCC(CNS(=O)(=O)C(F)(F)F)C3)c2cc1F. The number of alkyl halides is 15. The highest BCUT2D eigenvalue weighted by Crippen LogP contribution is 2.36. The predicted molar refractivity (Wildman–Crippen MR) is 478 cm³/mol. The van der Waals surface area contributed by atoms with Crippen LogP contribution < -0.4 is 49.8 Å². The molecule has 6 aliphatic heterocycles. The van der Waals surface area contributed by atoms with Crippen LogP contribution in [0.2, 0.25) is 5.15 Å². The molecule has 12 rings (SSSR count). The fraction of sp³-hybridized carbons (Fsp3) is 0.645. The van der Waals surface area contributed by atoms with Gasteiger partial charge in [0.2, 0.25) is 5.69 Å². The van der Waals surface area contributed by atoms with E-state index in [1.165, 1.54) is 48.1 Å². The van der Waals surface area contributed by atoms with Crippen molar-refractivity contribution >= 4 is 168 Å². The number of ether oxygens (including phenoxy) is 2. The largest absolute Gasteiger partial charge is 0.511 e. The molecule has 60 heteroatoms. The second-order valence-corrected chi connectivity index (χ2v) is 44.3. The zero-order chi connectivity index (χ0) is 101. The van der Waals surface area contributed by atoms with E-state index in [-0.39, 0.29) is 115 Å². The van der Waals surface area contributed by atoms with Gasteiger partial charge in [-0.3, -0.25) is 0 Å². The minimum Gasteiger partial charge on any atom is -0.444 e. The van der Waals surface area contributed by atoms with E-state index in [0.29, 0.717) is 139 Å². The summed E-state index contributed by atoms with van der Waals surface area (Å²) < 4.78 is 352. The van der Waals surface area contributed by atoms with Gasteiger partial charge in [-0.15, -0.1) is 12.4 Å². The molecule has 136 heavy (non-hydrogen) atoms. The Morgan fingerprint density at radius 3 is 1.07 bits per heavy atom. The van der Waals surface area contributed by atoms with Crippen LogP contribution in [0.4, 0.5) is 106 Å². The number of fused-ring (bicyclic) bond motifs is 3. The molecule has 0 aliphatic carbocycles. The Kier molecular flexibility index (Phi) is 44.9. The Morgan fingerprint density at radius 1 is 0.441 bits per heavy atom. The summed E-state index contributed by atoms with van der Waals surface area (Å²) >= 11 is 11.9. The van der Waals surface area contributed by atoms with Gasteiger partial charge in [0.05, 0.1) is 32.1 Å². The van der Waals surface area contributed by atoms with Crippen molar-refractivity contribution in [2.24, 2.45) is 41.2 Å². The van der Waals surface area contributed by atoms with Crippen LogP contribution in [0.3, 0.4) is 0 Å². The summed E-state index contributed by atoms with van der Waals surface area (Å²) in [7, 11) is -26.5. The number of carbonyl (C=O) groups is 2. The number of likely N-dealkylation sites (tertiary alicyclic amines) is 2. The number of nitrogens with one attached hydrogen (secondary N) is 7. The monoisotopic (exact) mass is 2240 g/mol. The van der Waals surface area contributed by atoms with E-state index in [0.717, 1.165) is 70.8 Å². The van der Waals surface area contributed by atoms with Crippen molar-refractivity contribution in [3.63, 3.8) is 0 Å². The predicted octanol–water partition coefficient (Wildman–Crippen LogP) is 14.3. The summed E-state index contributed by atoms with van der Waals surface area (Å²) in [5, 5.41) is 7.63. The molecule has 2 amide bonds. The third-order valence-electron chi connectivity index (χ3n) is 20.5. The second-order valence-electron chi connectivity index (χ2n) is 33.5. The first kappa shape index (κ1) is 120. The molecular weight excluding hydrogens is 2140 g/mol. The Balaban J connectivity index is 0.000000285. The van der Waals surface area contributed by atoms with Gasteiger partial charge >= 0.3 is 89.8 Å². The van der Waals surface area contributed by atoms with Crippen LogP contribution in [0.5, 0.6) is 0 Å². The molecule has 770 valence electrons. The first-order valence-corrected chi connectivity index (χ1v) is 50.7. The fourth-order valence-corrected chi connectivity index (χ4v) is 17.7. The van der Waals surface area contributed by atoms with E-state index < -0.39 is 107 Å². The highest BCUT2D eigenvalue weighted by molar-refractivity contribution is 9.10. The van der Waals surface area contributed by atoms with Crippen molar-refractivity contribution in [3.05, 3.63) is 98.3 Å². The van der Waals surface area contributed by atoms with Gasteiger partial charge in [-0.05, 0) is 255 Å². The van der Waals surface area contributed by atoms with Crippen molar-refractivity contribution in [1.29, 1.82) is 0 Å². The number of hydrogen-bond donors (Lipinski definition) is 8. The summed E-state index contributed by atoms with van der Waals surface area (Å²) in [5.74, 6) is -1.47. The van der Waals surface area contributed by atoms with Crippen LogP contribution in [-0.2, 0) is 59.6 Å². The Bertz CT molecular complexity index is 5540. The third-order valence-corrected chi connectivity index (χ3v) is 27.8. The molecule has 3 aromatic carbocycles. The Hall–Kier alpha value is -6.98. The van der Waals surface area contributed by atoms with E-state index in [1.54, 1.807) is 60.2 Å². The number of carbonyl (C=O) groups excluding carboxylic acids is 2. The van der Waals surface area contributed by atoms with Gasteiger partial charge in [0.25, 0.3) is 0 Å². The molecule has 6 aromatic rings. The zero-order valence-electron chi connectivity index (χ0n) is 73.5. The number of halogens is 22. The number of aromatic nitrogens is 6. The van der Waals surface area contributed by atoms with Gasteiger partial charge in [-0.25, -0.2) is 123 Å².